The fourth-order valence-corrected chi connectivity index (χ4v) is 13.1. The Morgan fingerprint density at radius 3 is 2.07 bits per heavy atom. The lowest BCUT2D eigenvalue weighted by Crippen LogP contribution is -2.67. The zero-order valence-corrected chi connectivity index (χ0v) is 33.8. The van der Waals surface area contributed by atoms with Crippen LogP contribution in [0.15, 0.2) is 23.3 Å². The molecule has 14 heteroatoms. The van der Waals surface area contributed by atoms with Gasteiger partial charge in [0, 0.05) is 22.9 Å². The average molecular weight is 797 g/mol. The van der Waals surface area contributed by atoms with Crippen LogP contribution in [-0.4, -0.2) is 151 Å². The second-order valence-corrected chi connectivity index (χ2v) is 20.1. The number of allylic oxidation sites excluding steroid dienone is 3. The molecule has 0 radical (unpaired) electrons. The Kier molecular flexibility index (Phi) is 11.4. The van der Waals surface area contributed by atoms with Crippen LogP contribution >= 0.6 is 0 Å². The molecule has 0 aromatic carbocycles. The van der Waals surface area contributed by atoms with Gasteiger partial charge < -0.3 is 70.0 Å². The first-order valence-electron chi connectivity index (χ1n) is 20.8. The maximum Gasteiger partial charge on any atom is 0.187 e. The Morgan fingerprint density at radius 2 is 1.43 bits per heavy atom. The molecule has 0 spiro atoms. The first-order chi connectivity index (χ1) is 26.2. The van der Waals surface area contributed by atoms with E-state index in [1.54, 1.807) is 6.92 Å². The largest absolute Gasteiger partial charge is 0.396 e. The lowest BCUT2D eigenvalue weighted by Gasteiger charge is -2.70. The van der Waals surface area contributed by atoms with Crippen LogP contribution in [0.5, 0.6) is 0 Å². The SMILES string of the molecule is C[C@H]1O[C@@H](OC2CCC3(C)C(CCC4(C)C3C=CC3=C5CC(C)(CO)CCC5(CO)C(O)CC34C)C2(C)CO)[C@H](O)[C@H](O[C@@H]2O[C@H](CO)[C@@H](O)[C@@H](O)[C@H]2O)[C@H]1O. The molecule has 7 aliphatic rings. The number of hydrogen-bond donors (Lipinski definition) is 10. The van der Waals surface area contributed by atoms with E-state index in [0.29, 0.717) is 25.7 Å². The van der Waals surface area contributed by atoms with Gasteiger partial charge in [-0.15, -0.1) is 0 Å². The van der Waals surface area contributed by atoms with Crippen LogP contribution in [-0.2, 0) is 18.9 Å². The smallest absolute Gasteiger partial charge is 0.187 e. The third-order valence-corrected chi connectivity index (χ3v) is 17.1. The summed E-state index contributed by atoms with van der Waals surface area (Å²) in [5.41, 5.74) is -0.498. The molecule has 7 rings (SSSR count). The molecule has 0 bridgehead atoms. The fraction of sp³-hybridized carbons (Fsp3) is 0.905. The van der Waals surface area contributed by atoms with Gasteiger partial charge in [0.15, 0.2) is 12.6 Å². The minimum Gasteiger partial charge on any atom is -0.396 e. The maximum absolute atomic E-state index is 12.0. The van der Waals surface area contributed by atoms with Crippen LogP contribution < -0.4 is 0 Å². The molecule has 10 N–H and O–H groups in total. The molecular formula is C42H68O14. The fourth-order valence-electron chi connectivity index (χ4n) is 13.1. The third kappa shape index (κ3) is 6.10. The van der Waals surface area contributed by atoms with Crippen molar-refractivity contribution >= 4 is 0 Å². The summed E-state index contributed by atoms with van der Waals surface area (Å²) in [5.74, 6) is 0.0705. The molecule has 2 heterocycles. The van der Waals surface area contributed by atoms with Crippen molar-refractivity contribution in [2.75, 3.05) is 26.4 Å². The summed E-state index contributed by atoms with van der Waals surface area (Å²) in [5, 5.41) is 108. The predicted octanol–water partition coefficient (Wildman–Crippen LogP) is 0.653. The topological polar surface area (TPSA) is 239 Å². The van der Waals surface area contributed by atoms with Gasteiger partial charge in [0.05, 0.1) is 38.1 Å². The maximum atomic E-state index is 12.0. The van der Waals surface area contributed by atoms with Gasteiger partial charge in [-0.3, -0.25) is 0 Å². The van der Waals surface area contributed by atoms with Gasteiger partial charge >= 0.3 is 0 Å². The highest BCUT2D eigenvalue weighted by Gasteiger charge is 2.69. The van der Waals surface area contributed by atoms with E-state index in [4.69, 9.17) is 18.9 Å². The normalized spacial score (nSPS) is 55.9. The molecular weight excluding hydrogens is 728 g/mol. The molecule has 5 fully saturated rings. The van der Waals surface area contributed by atoms with Crippen LogP contribution in [0.2, 0.25) is 0 Å². The molecule has 10 unspecified atom stereocenters. The van der Waals surface area contributed by atoms with Gasteiger partial charge in [-0.2, -0.15) is 0 Å². The molecule has 56 heavy (non-hydrogen) atoms. The highest BCUT2D eigenvalue weighted by Crippen LogP contribution is 2.74. The molecule has 0 amide bonds. The molecule has 2 saturated heterocycles. The van der Waals surface area contributed by atoms with Crippen LogP contribution in [0.25, 0.3) is 0 Å². The van der Waals surface area contributed by atoms with Crippen molar-refractivity contribution in [2.24, 2.45) is 44.3 Å². The van der Waals surface area contributed by atoms with Crippen molar-refractivity contribution in [3.8, 4) is 0 Å². The van der Waals surface area contributed by atoms with E-state index >= 15 is 0 Å². The number of fused-ring (bicyclic) bond motifs is 6. The minimum absolute atomic E-state index is 0.0124. The molecule has 320 valence electrons. The second kappa shape index (κ2) is 14.8. The van der Waals surface area contributed by atoms with Crippen LogP contribution in [0.4, 0.5) is 0 Å². The van der Waals surface area contributed by atoms with Gasteiger partial charge in [-0.05, 0) is 91.9 Å². The van der Waals surface area contributed by atoms with Crippen molar-refractivity contribution in [1.29, 1.82) is 0 Å². The van der Waals surface area contributed by atoms with E-state index in [9.17, 15) is 51.1 Å². The van der Waals surface area contributed by atoms with E-state index < -0.39 is 96.5 Å². The zero-order chi connectivity index (χ0) is 41.0. The molecule has 20 atom stereocenters. The molecule has 0 aromatic rings. The van der Waals surface area contributed by atoms with Crippen molar-refractivity contribution in [3.63, 3.8) is 0 Å². The minimum atomic E-state index is -1.74. The molecule has 3 saturated carbocycles. The van der Waals surface area contributed by atoms with E-state index in [1.807, 2.05) is 6.92 Å². The summed E-state index contributed by atoms with van der Waals surface area (Å²) in [4.78, 5) is 0. The van der Waals surface area contributed by atoms with Gasteiger partial charge in [-0.25, -0.2) is 0 Å². The molecule has 0 aromatic heterocycles. The second-order valence-electron chi connectivity index (χ2n) is 20.1. The number of aliphatic hydroxyl groups excluding tert-OH is 10. The first kappa shape index (κ1) is 43.0. The van der Waals surface area contributed by atoms with E-state index in [-0.39, 0.29) is 47.9 Å². The van der Waals surface area contributed by atoms with Gasteiger partial charge in [0.1, 0.15) is 42.7 Å². The zero-order valence-electron chi connectivity index (χ0n) is 33.8. The van der Waals surface area contributed by atoms with E-state index in [2.05, 4.69) is 39.8 Å². The number of hydrogen-bond acceptors (Lipinski definition) is 14. The lowest BCUT2D eigenvalue weighted by atomic mass is 9.35. The van der Waals surface area contributed by atoms with Crippen LogP contribution in [0, 0.1) is 44.3 Å². The predicted molar refractivity (Wildman–Crippen MR) is 200 cm³/mol. The Morgan fingerprint density at radius 1 is 0.732 bits per heavy atom. The monoisotopic (exact) mass is 796 g/mol. The van der Waals surface area contributed by atoms with E-state index in [0.717, 1.165) is 31.3 Å². The Labute approximate surface area is 330 Å². The van der Waals surface area contributed by atoms with Crippen molar-refractivity contribution in [3.05, 3.63) is 23.3 Å². The Balaban J connectivity index is 1.15. The Hall–Kier alpha value is -1.08. The average Bonchev–Trinajstić information content (AvgIpc) is 3.17. The molecule has 14 nitrogen and oxygen atoms in total. The summed E-state index contributed by atoms with van der Waals surface area (Å²) in [7, 11) is 0. The Bertz CT molecular complexity index is 1520. The number of ether oxygens (including phenoxy) is 4. The molecule has 2 aliphatic heterocycles. The quantitative estimate of drug-likeness (QED) is 0.152. The molecule has 5 aliphatic carbocycles. The summed E-state index contributed by atoms with van der Waals surface area (Å²) in [6.45, 7) is 11.7. The van der Waals surface area contributed by atoms with Gasteiger partial charge in [0.25, 0.3) is 0 Å². The summed E-state index contributed by atoms with van der Waals surface area (Å²) < 4.78 is 24.0. The summed E-state index contributed by atoms with van der Waals surface area (Å²) in [6.07, 6.45) is -5.79. The lowest BCUT2D eigenvalue weighted by molar-refractivity contribution is -0.367. The van der Waals surface area contributed by atoms with E-state index in [1.165, 1.54) is 5.57 Å². The summed E-state index contributed by atoms with van der Waals surface area (Å²) in [6, 6.07) is 0. The number of aliphatic hydroxyl groups is 10. The third-order valence-electron chi connectivity index (χ3n) is 17.1. The van der Waals surface area contributed by atoms with Crippen LogP contribution in [0.3, 0.4) is 0 Å². The van der Waals surface area contributed by atoms with Gasteiger partial charge in [-0.1, -0.05) is 52.3 Å². The van der Waals surface area contributed by atoms with Crippen molar-refractivity contribution in [2.45, 2.75) is 167 Å². The summed E-state index contributed by atoms with van der Waals surface area (Å²) >= 11 is 0. The van der Waals surface area contributed by atoms with Crippen molar-refractivity contribution < 1.29 is 70.0 Å². The number of rotatable bonds is 8. The van der Waals surface area contributed by atoms with Crippen molar-refractivity contribution in [1.82, 2.24) is 0 Å². The van der Waals surface area contributed by atoms with Crippen LogP contribution in [0.1, 0.15) is 92.9 Å². The first-order valence-corrected chi connectivity index (χ1v) is 20.8. The highest BCUT2D eigenvalue weighted by atomic mass is 16.7. The van der Waals surface area contributed by atoms with Gasteiger partial charge in [0.2, 0.25) is 0 Å². The standard InChI is InChI=1S/C42H68O14/c1-21-29(48)34(56-35-32(51)31(50)30(49)24(17-43)54-35)33(52)36(53-21)55-28-10-11-38(3)25(39(28,4)19-45)9-12-40(5)26(38)8-7-22-23-15-37(2,18-44)13-14-42(23,20-46)27(47)16-41(22,40)6/h7-8,21,24-36,43-52H,9-20H2,1-6H3/t21-,24-,25?,26?,27?,28?,29+,30-,31-,32-,33-,34-,35+,36+,37?,38?,39?,40?,41?,42?/m1/s1. The highest BCUT2D eigenvalue weighted by molar-refractivity contribution is 5.47.